The average molecular weight is 328 g/mol. The summed E-state index contributed by atoms with van der Waals surface area (Å²) in [5, 5.41) is 6.48. The minimum atomic E-state index is 0.486. The predicted molar refractivity (Wildman–Crippen MR) is 95.7 cm³/mol. The summed E-state index contributed by atoms with van der Waals surface area (Å²) < 4.78 is 5.81. The Hall–Kier alpha value is -2.38. The van der Waals surface area contributed by atoms with Gasteiger partial charge in [-0.15, -0.1) is 0 Å². The van der Waals surface area contributed by atoms with Crippen LogP contribution in [0.5, 0.6) is 5.75 Å². The van der Waals surface area contributed by atoms with Crippen molar-refractivity contribution in [3.05, 3.63) is 36.0 Å². The third kappa shape index (κ3) is 4.56. The first-order chi connectivity index (χ1) is 11.7. The van der Waals surface area contributed by atoms with Gasteiger partial charge in [0.05, 0.1) is 0 Å². The second-order valence-corrected chi connectivity index (χ2v) is 5.85. The third-order valence-corrected chi connectivity index (χ3v) is 4.01. The molecule has 1 aliphatic rings. The molecule has 2 heterocycles. The van der Waals surface area contributed by atoms with Crippen molar-refractivity contribution in [3.63, 3.8) is 0 Å². The van der Waals surface area contributed by atoms with E-state index in [1.165, 1.54) is 0 Å². The van der Waals surface area contributed by atoms with Crippen molar-refractivity contribution < 1.29 is 4.74 Å². The molecule has 1 saturated heterocycles. The van der Waals surface area contributed by atoms with Crippen molar-refractivity contribution in [3.8, 4) is 5.75 Å². The average Bonchev–Trinajstić information content (AvgIpc) is 2.61. The fourth-order valence-corrected chi connectivity index (χ4v) is 2.51. The molecule has 1 aromatic carbocycles. The van der Waals surface area contributed by atoms with E-state index in [1.54, 1.807) is 6.20 Å². The van der Waals surface area contributed by atoms with E-state index >= 15 is 0 Å². The van der Waals surface area contributed by atoms with Crippen LogP contribution in [-0.2, 0) is 0 Å². The van der Waals surface area contributed by atoms with Crippen LogP contribution < -0.4 is 21.1 Å². The Labute approximate surface area is 142 Å². The Morgan fingerprint density at radius 3 is 2.71 bits per heavy atom. The normalized spacial score (nSPS) is 15.2. The van der Waals surface area contributed by atoms with Crippen LogP contribution in [0.3, 0.4) is 0 Å². The molecule has 24 heavy (non-hydrogen) atoms. The van der Waals surface area contributed by atoms with Crippen LogP contribution in [0.4, 0.5) is 17.5 Å². The van der Waals surface area contributed by atoms with E-state index in [4.69, 9.17) is 10.5 Å². The number of nitrogen functional groups attached to an aromatic ring is 1. The van der Waals surface area contributed by atoms with Gasteiger partial charge in [-0.3, -0.25) is 4.90 Å². The summed E-state index contributed by atoms with van der Waals surface area (Å²) in [5.74, 6) is 1.84. The van der Waals surface area contributed by atoms with Gasteiger partial charge in [0.15, 0.2) is 0 Å². The van der Waals surface area contributed by atoms with Crippen LogP contribution in [0.25, 0.3) is 0 Å². The van der Waals surface area contributed by atoms with Crippen molar-refractivity contribution in [2.45, 2.75) is 6.92 Å². The van der Waals surface area contributed by atoms with Gasteiger partial charge in [-0.2, -0.15) is 4.98 Å². The van der Waals surface area contributed by atoms with E-state index in [0.717, 1.165) is 49.7 Å². The fourth-order valence-electron chi connectivity index (χ4n) is 2.51. The van der Waals surface area contributed by atoms with Gasteiger partial charge >= 0.3 is 0 Å². The molecule has 7 heteroatoms. The van der Waals surface area contributed by atoms with Crippen LogP contribution in [0.15, 0.2) is 30.5 Å². The number of hydrogen-bond acceptors (Lipinski definition) is 7. The molecule has 0 bridgehead atoms. The zero-order chi connectivity index (χ0) is 16.8. The predicted octanol–water partition coefficient (Wildman–Crippen LogP) is 1.39. The third-order valence-electron chi connectivity index (χ3n) is 4.01. The molecule has 2 aromatic rings. The second kappa shape index (κ2) is 7.94. The van der Waals surface area contributed by atoms with E-state index in [9.17, 15) is 0 Å². The topological polar surface area (TPSA) is 88.3 Å². The number of nitrogens with zero attached hydrogens (tertiary/aromatic N) is 3. The van der Waals surface area contributed by atoms with Crippen LogP contribution >= 0.6 is 0 Å². The molecule has 0 spiro atoms. The zero-order valence-corrected chi connectivity index (χ0v) is 14.0. The highest BCUT2D eigenvalue weighted by atomic mass is 16.5. The van der Waals surface area contributed by atoms with E-state index in [0.29, 0.717) is 18.4 Å². The summed E-state index contributed by atoms with van der Waals surface area (Å²) in [5.41, 5.74) is 7.56. The van der Waals surface area contributed by atoms with Gasteiger partial charge in [0.25, 0.3) is 0 Å². The first-order valence-electron chi connectivity index (χ1n) is 8.23. The lowest BCUT2D eigenvalue weighted by atomic mass is 10.3. The lowest BCUT2D eigenvalue weighted by Crippen LogP contribution is -2.44. The van der Waals surface area contributed by atoms with Crippen molar-refractivity contribution in [1.82, 2.24) is 20.2 Å². The number of hydrogen-bond donors (Lipinski definition) is 3. The molecule has 0 saturated carbocycles. The van der Waals surface area contributed by atoms with Gasteiger partial charge in [0.2, 0.25) is 5.95 Å². The highest BCUT2D eigenvalue weighted by Gasteiger charge is 2.08. The summed E-state index contributed by atoms with van der Waals surface area (Å²) in [4.78, 5) is 10.8. The first kappa shape index (κ1) is 16.5. The van der Waals surface area contributed by atoms with Gasteiger partial charge in [-0.1, -0.05) is 0 Å². The van der Waals surface area contributed by atoms with Crippen LogP contribution in [0.1, 0.15) is 5.56 Å². The molecule has 0 radical (unpaired) electrons. The lowest BCUT2D eigenvalue weighted by molar-refractivity contribution is 0.191. The van der Waals surface area contributed by atoms with E-state index in [-0.39, 0.29) is 0 Å². The number of ether oxygens (including phenoxy) is 1. The highest BCUT2D eigenvalue weighted by molar-refractivity contribution is 5.56. The number of nitrogens with one attached hydrogen (secondary N) is 2. The molecule has 1 fully saturated rings. The van der Waals surface area contributed by atoms with Crippen molar-refractivity contribution >= 4 is 17.5 Å². The maximum atomic E-state index is 5.81. The molecule has 0 amide bonds. The standard InChI is InChI=1S/C17H24N6O/c1-13-12-20-17(22-16(13)18)21-14-2-4-15(5-3-14)24-11-10-23-8-6-19-7-9-23/h2-5,12,19H,6-11H2,1H3,(H3,18,20,21,22). The molecule has 0 unspecified atom stereocenters. The lowest BCUT2D eigenvalue weighted by Gasteiger charge is -2.26. The number of piperazine rings is 1. The molecular weight excluding hydrogens is 304 g/mol. The summed E-state index contributed by atoms with van der Waals surface area (Å²) in [7, 11) is 0. The number of nitrogens with two attached hydrogens (primary N) is 1. The molecule has 4 N–H and O–H groups in total. The molecule has 0 aliphatic carbocycles. The van der Waals surface area contributed by atoms with Crippen molar-refractivity contribution in [1.29, 1.82) is 0 Å². The molecular formula is C17H24N6O. The smallest absolute Gasteiger partial charge is 0.229 e. The van der Waals surface area contributed by atoms with Crippen LogP contribution in [-0.4, -0.2) is 54.2 Å². The monoisotopic (exact) mass is 328 g/mol. The largest absolute Gasteiger partial charge is 0.492 e. The van der Waals surface area contributed by atoms with Crippen LogP contribution in [0, 0.1) is 6.92 Å². The highest BCUT2D eigenvalue weighted by Crippen LogP contribution is 2.19. The number of aromatic nitrogens is 2. The Morgan fingerprint density at radius 2 is 2.00 bits per heavy atom. The Bertz CT molecular complexity index is 655. The van der Waals surface area contributed by atoms with Gasteiger partial charge in [0, 0.05) is 50.2 Å². The van der Waals surface area contributed by atoms with Gasteiger partial charge < -0.3 is 21.1 Å². The minimum Gasteiger partial charge on any atom is -0.492 e. The number of benzene rings is 1. The molecule has 3 rings (SSSR count). The van der Waals surface area contributed by atoms with Crippen LogP contribution in [0.2, 0.25) is 0 Å². The summed E-state index contributed by atoms with van der Waals surface area (Å²) in [6.07, 6.45) is 1.71. The molecule has 1 aliphatic heterocycles. The number of rotatable bonds is 6. The quantitative estimate of drug-likeness (QED) is 0.738. The van der Waals surface area contributed by atoms with Crippen molar-refractivity contribution in [2.24, 2.45) is 0 Å². The first-order valence-corrected chi connectivity index (χ1v) is 8.23. The Morgan fingerprint density at radius 1 is 1.25 bits per heavy atom. The SMILES string of the molecule is Cc1cnc(Nc2ccc(OCCN3CCNCC3)cc2)nc1N. The second-order valence-electron chi connectivity index (χ2n) is 5.85. The van der Waals surface area contributed by atoms with Gasteiger partial charge in [-0.05, 0) is 31.2 Å². The molecule has 1 aromatic heterocycles. The molecule has 0 atom stereocenters. The maximum Gasteiger partial charge on any atom is 0.229 e. The Balaban J connectivity index is 1.48. The summed E-state index contributed by atoms with van der Waals surface area (Å²) in [6.45, 7) is 7.84. The minimum absolute atomic E-state index is 0.486. The number of anilines is 3. The Kier molecular flexibility index (Phi) is 5.45. The summed E-state index contributed by atoms with van der Waals surface area (Å²) >= 11 is 0. The fraction of sp³-hybridized carbons (Fsp3) is 0.412. The van der Waals surface area contributed by atoms with E-state index in [1.807, 2.05) is 31.2 Å². The van der Waals surface area contributed by atoms with Gasteiger partial charge in [-0.25, -0.2) is 4.98 Å². The molecule has 128 valence electrons. The van der Waals surface area contributed by atoms with Gasteiger partial charge in [0.1, 0.15) is 18.2 Å². The maximum absolute atomic E-state index is 5.81. The van der Waals surface area contributed by atoms with Crippen molar-refractivity contribution in [2.75, 3.05) is 50.4 Å². The van der Waals surface area contributed by atoms with E-state index in [2.05, 4.69) is 25.5 Å². The summed E-state index contributed by atoms with van der Waals surface area (Å²) in [6, 6.07) is 7.77. The number of aryl methyl sites for hydroxylation is 1. The zero-order valence-electron chi connectivity index (χ0n) is 14.0. The molecule has 7 nitrogen and oxygen atoms in total. The van der Waals surface area contributed by atoms with E-state index < -0.39 is 0 Å².